The molecule has 1 aromatic heterocycles. The van der Waals surface area contributed by atoms with Crippen molar-refractivity contribution in [1.29, 1.82) is 0 Å². The predicted octanol–water partition coefficient (Wildman–Crippen LogP) is 5.80. The highest BCUT2D eigenvalue weighted by Gasteiger charge is 2.66. The molecule has 3 aliphatic rings. The Morgan fingerprint density at radius 1 is 1.00 bits per heavy atom. The Kier molecular flexibility index (Phi) is 9.56. The zero-order valence-electron chi connectivity index (χ0n) is 31.2. The van der Waals surface area contributed by atoms with E-state index in [9.17, 15) is 29.6 Å². The molecule has 0 bridgehead atoms. The quantitative estimate of drug-likeness (QED) is 0.0949. The van der Waals surface area contributed by atoms with Gasteiger partial charge in [-0.2, -0.15) is 0 Å². The average Bonchev–Trinajstić information content (AvgIpc) is 3.85. The average molecular weight is 775 g/mol. The minimum atomic E-state index is -3.03. The molecule has 5 aromatic rings. The number of aromatic nitrogens is 3. The number of carbonyl (C=O) groups excluding carboxylic acids is 2. The first-order chi connectivity index (χ1) is 26.9. The summed E-state index contributed by atoms with van der Waals surface area (Å²) < 4.78 is 14.2. The van der Waals surface area contributed by atoms with Crippen LogP contribution in [-0.4, -0.2) is 69.3 Å². The molecule has 0 saturated carbocycles. The lowest BCUT2D eigenvalue weighted by molar-refractivity contribution is -0.385. The number of amides is 2. The summed E-state index contributed by atoms with van der Waals surface area (Å²) in [6.45, 7) is 5.82. The van der Waals surface area contributed by atoms with Crippen LogP contribution < -0.4 is 14.5 Å². The summed E-state index contributed by atoms with van der Waals surface area (Å²) in [4.78, 5) is 54.5. The lowest BCUT2D eigenvalue weighted by atomic mass is 9.82. The van der Waals surface area contributed by atoms with E-state index in [4.69, 9.17) is 9.47 Å². The van der Waals surface area contributed by atoms with Crippen molar-refractivity contribution < 1.29 is 33.9 Å². The Balaban J connectivity index is 1.09. The van der Waals surface area contributed by atoms with Gasteiger partial charge < -0.3 is 24.3 Å². The van der Waals surface area contributed by atoms with Gasteiger partial charge in [0, 0.05) is 47.6 Å². The fraction of sp³-hybridized carbons (Fsp3) is 0.317. The highest BCUT2D eigenvalue weighted by Crippen LogP contribution is 2.60. The van der Waals surface area contributed by atoms with E-state index >= 15 is 0 Å². The van der Waals surface area contributed by atoms with Crippen molar-refractivity contribution in [2.24, 2.45) is 5.92 Å². The third-order valence-corrected chi connectivity index (χ3v) is 13.9. The number of aryl methyl sites for hydroxylation is 1. The number of anilines is 3. The number of carbonyl (C=O) groups is 2. The predicted molar refractivity (Wildman–Crippen MR) is 209 cm³/mol. The number of nitro groups is 1. The van der Waals surface area contributed by atoms with E-state index in [1.807, 2.05) is 98.9 Å². The number of nitro benzene ring substituents is 1. The van der Waals surface area contributed by atoms with Gasteiger partial charge in [0.05, 0.1) is 47.2 Å². The van der Waals surface area contributed by atoms with Crippen LogP contribution in [0.2, 0.25) is 18.6 Å². The lowest BCUT2D eigenvalue weighted by Crippen LogP contribution is -2.46. The monoisotopic (exact) mass is 774 g/mol. The number of non-ortho nitro benzene ring substituents is 1. The summed E-state index contributed by atoms with van der Waals surface area (Å²) in [5.74, 6) is -0.840. The number of para-hydroxylation sites is 2. The first-order valence-corrected chi connectivity index (χ1v) is 21.6. The van der Waals surface area contributed by atoms with Gasteiger partial charge in [0.25, 0.3) is 17.5 Å². The van der Waals surface area contributed by atoms with Crippen molar-refractivity contribution in [3.63, 3.8) is 0 Å². The van der Waals surface area contributed by atoms with E-state index < -0.39 is 36.4 Å². The SMILES string of the molecule is C[C@@H]1[C@@H]([Si](C)(C)O)[C@H](CCn2cc(C(CO)c3ccccc3)nn2)O[C@@]12C(=O)N(Cc1ccc(N3C(=O)COc4ccccc43)cc1)c1ccc([N+](=O)[O-])cc12. The van der Waals surface area contributed by atoms with Crippen LogP contribution in [0.25, 0.3) is 0 Å². The van der Waals surface area contributed by atoms with Crippen molar-refractivity contribution in [1.82, 2.24) is 15.0 Å². The number of rotatable bonds is 11. The number of hydrogen-bond acceptors (Lipinski definition) is 10. The number of fused-ring (bicyclic) bond motifs is 3. The number of aliphatic hydroxyl groups excluding tert-OH is 1. The lowest BCUT2D eigenvalue weighted by Gasteiger charge is -2.32. The molecule has 2 amide bonds. The van der Waals surface area contributed by atoms with Gasteiger partial charge >= 0.3 is 0 Å². The summed E-state index contributed by atoms with van der Waals surface area (Å²) in [6, 6.07) is 28.6. The molecule has 1 saturated heterocycles. The van der Waals surface area contributed by atoms with Crippen molar-refractivity contribution >= 4 is 42.9 Å². The zero-order valence-corrected chi connectivity index (χ0v) is 32.2. The van der Waals surface area contributed by atoms with Gasteiger partial charge in [-0.15, -0.1) is 5.10 Å². The second-order valence-corrected chi connectivity index (χ2v) is 19.2. The first kappa shape index (κ1) is 37.2. The highest BCUT2D eigenvalue weighted by molar-refractivity contribution is 6.71. The number of ether oxygens (including phenoxy) is 2. The molecule has 3 aliphatic heterocycles. The van der Waals surface area contributed by atoms with Gasteiger partial charge in [-0.25, -0.2) is 0 Å². The molecule has 5 atom stereocenters. The Bertz CT molecular complexity index is 2300. The normalized spacial score (nSPS) is 22.3. The Morgan fingerprint density at radius 3 is 2.45 bits per heavy atom. The van der Waals surface area contributed by atoms with Gasteiger partial charge in [0.1, 0.15) is 5.75 Å². The maximum atomic E-state index is 15.0. The third-order valence-electron chi connectivity index (χ3n) is 11.4. The van der Waals surface area contributed by atoms with Crippen LogP contribution in [0.5, 0.6) is 5.75 Å². The van der Waals surface area contributed by atoms with E-state index in [0.717, 1.165) is 11.1 Å². The Hall–Kier alpha value is -5.74. The van der Waals surface area contributed by atoms with E-state index in [2.05, 4.69) is 10.3 Å². The summed E-state index contributed by atoms with van der Waals surface area (Å²) in [5, 5.41) is 30.9. The van der Waals surface area contributed by atoms with Crippen LogP contribution in [0, 0.1) is 16.0 Å². The standard InChI is InChI=1S/C41H42N6O8Si/c1-26-39(56(2,3)53)37(19-20-44-23-33(42-43-44)31(24-48)28-9-5-4-6-10-28)55-41(26)32-21-30(47(51)52)17-18-34(32)45(40(41)50)22-27-13-15-29(16-14-27)46-35-11-7-8-12-36(35)54-25-38(46)49/h4-18,21,23,26,31,37,39,48,53H,19-20,22,24-25H2,1-3H3/t26-,31?,37+,39-,41+/m1/s1. The maximum Gasteiger partial charge on any atom is 0.269 e. The smallest absolute Gasteiger partial charge is 0.269 e. The minimum Gasteiger partial charge on any atom is -0.482 e. The third kappa shape index (κ3) is 6.35. The molecule has 8 rings (SSSR count). The molecule has 0 radical (unpaired) electrons. The van der Waals surface area contributed by atoms with E-state index in [1.54, 1.807) is 26.7 Å². The topological polar surface area (TPSA) is 173 Å². The van der Waals surface area contributed by atoms with E-state index in [-0.39, 0.29) is 43.2 Å². The molecule has 0 aliphatic carbocycles. The zero-order chi connectivity index (χ0) is 39.4. The van der Waals surface area contributed by atoms with Crippen LogP contribution in [-0.2, 0) is 33.0 Å². The summed E-state index contributed by atoms with van der Waals surface area (Å²) in [7, 11) is -3.03. The van der Waals surface area contributed by atoms with Crippen molar-refractivity contribution in [2.45, 2.75) is 62.7 Å². The molecular weight excluding hydrogens is 733 g/mol. The van der Waals surface area contributed by atoms with Crippen LogP contribution >= 0.6 is 0 Å². The van der Waals surface area contributed by atoms with E-state index in [1.165, 1.54) is 12.1 Å². The van der Waals surface area contributed by atoms with Gasteiger partial charge in [-0.3, -0.25) is 29.3 Å². The highest BCUT2D eigenvalue weighted by atomic mass is 28.4. The molecule has 14 nitrogen and oxygen atoms in total. The summed E-state index contributed by atoms with van der Waals surface area (Å²) in [6.07, 6.45) is 1.59. The van der Waals surface area contributed by atoms with Crippen molar-refractivity contribution in [2.75, 3.05) is 23.0 Å². The van der Waals surface area contributed by atoms with Gasteiger partial charge in [0.2, 0.25) is 0 Å². The molecule has 288 valence electrons. The molecule has 56 heavy (non-hydrogen) atoms. The molecule has 15 heteroatoms. The minimum absolute atomic E-state index is 0.0853. The Labute approximate surface area is 324 Å². The number of nitrogens with zero attached hydrogens (tertiary/aromatic N) is 6. The fourth-order valence-electron chi connectivity index (χ4n) is 8.82. The van der Waals surface area contributed by atoms with Crippen molar-refractivity contribution in [3.8, 4) is 5.75 Å². The molecule has 4 heterocycles. The Morgan fingerprint density at radius 2 is 1.73 bits per heavy atom. The van der Waals surface area contributed by atoms with Gasteiger partial charge in [-0.05, 0) is 61.0 Å². The van der Waals surface area contributed by atoms with Crippen LogP contribution in [0.4, 0.5) is 22.7 Å². The second kappa shape index (κ2) is 14.4. The molecule has 1 unspecified atom stereocenters. The van der Waals surface area contributed by atoms with Gasteiger partial charge in [0.15, 0.2) is 20.5 Å². The maximum absolute atomic E-state index is 15.0. The number of hydrogen-bond donors (Lipinski definition) is 2. The fourth-order valence-corrected chi connectivity index (χ4v) is 11.4. The number of aliphatic hydroxyl groups is 1. The molecule has 1 fully saturated rings. The largest absolute Gasteiger partial charge is 0.482 e. The molecular formula is C41H42N6O8Si. The number of benzene rings is 4. The molecule has 4 aromatic carbocycles. The molecule has 1 spiro atoms. The van der Waals surface area contributed by atoms with Crippen LogP contribution in [0.1, 0.15) is 41.6 Å². The van der Waals surface area contributed by atoms with Crippen LogP contribution in [0.15, 0.2) is 103 Å². The summed E-state index contributed by atoms with van der Waals surface area (Å²) >= 11 is 0. The second-order valence-electron chi connectivity index (χ2n) is 15.2. The van der Waals surface area contributed by atoms with Gasteiger partial charge in [-0.1, -0.05) is 66.7 Å². The summed E-state index contributed by atoms with van der Waals surface area (Å²) in [5.41, 5.74) is 2.32. The van der Waals surface area contributed by atoms with E-state index in [0.29, 0.717) is 47.0 Å². The molecule has 2 N–H and O–H groups in total. The van der Waals surface area contributed by atoms with Crippen LogP contribution in [0.3, 0.4) is 0 Å². The van der Waals surface area contributed by atoms with Crippen molar-refractivity contribution in [3.05, 3.63) is 136 Å². The first-order valence-electron chi connectivity index (χ1n) is 18.6.